The third-order valence-electron chi connectivity index (χ3n) is 5.70. The molecule has 156 valence electrons. The summed E-state index contributed by atoms with van der Waals surface area (Å²) in [5.74, 6) is 0.116. The Balaban J connectivity index is 1.66. The normalized spacial score (nSPS) is 19.7. The van der Waals surface area contributed by atoms with Crippen molar-refractivity contribution in [3.05, 3.63) is 29.6 Å². The van der Waals surface area contributed by atoms with Gasteiger partial charge in [-0.15, -0.1) is 6.58 Å². The summed E-state index contributed by atoms with van der Waals surface area (Å²) < 4.78 is 7.61. The quantitative estimate of drug-likeness (QED) is 0.522. The van der Waals surface area contributed by atoms with Crippen LogP contribution < -0.4 is 5.32 Å². The van der Waals surface area contributed by atoms with Crippen molar-refractivity contribution in [3.63, 3.8) is 0 Å². The fraction of sp³-hybridized carbons (Fsp3) is 0.727. The van der Waals surface area contributed by atoms with Crippen LogP contribution in [-0.4, -0.2) is 59.0 Å². The fourth-order valence-corrected chi connectivity index (χ4v) is 4.25. The Bertz CT molecular complexity index is 662. The fourth-order valence-electron chi connectivity index (χ4n) is 4.25. The second kappa shape index (κ2) is 10.2. The van der Waals surface area contributed by atoms with E-state index in [9.17, 15) is 4.79 Å². The maximum Gasteiger partial charge on any atom is 0.274 e. The number of nitrogens with zero attached hydrogens (tertiary/aromatic N) is 3. The minimum Gasteiger partial charge on any atom is -0.379 e. The number of fused-ring (bicyclic) bond motifs is 1. The zero-order valence-electron chi connectivity index (χ0n) is 17.6. The number of nitrogens with one attached hydrogen (secondary N) is 1. The van der Waals surface area contributed by atoms with Crippen molar-refractivity contribution < 1.29 is 9.53 Å². The van der Waals surface area contributed by atoms with E-state index in [2.05, 4.69) is 25.7 Å². The summed E-state index contributed by atoms with van der Waals surface area (Å²) in [7, 11) is 0. The number of piperidine rings is 1. The smallest absolute Gasteiger partial charge is 0.274 e. The number of hydrogen-bond donors (Lipinski definition) is 1. The number of ether oxygens (including phenoxy) is 1. The van der Waals surface area contributed by atoms with Gasteiger partial charge in [-0.1, -0.05) is 6.08 Å². The highest BCUT2D eigenvalue weighted by Crippen LogP contribution is 2.27. The van der Waals surface area contributed by atoms with Gasteiger partial charge >= 0.3 is 0 Å². The van der Waals surface area contributed by atoms with Crippen molar-refractivity contribution in [2.45, 2.75) is 77.5 Å². The number of aromatic nitrogens is 2. The summed E-state index contributed by atoms with van der Waals surface area (Å²) in [6, 6.07) is 0.404. The van der Waals surface area contributed by atoms with Crippen LogP contribution in [0.15, 0.2) is 12.7 Å². The Kier molecular flexibility index (Phi) is 7.68. The molecule has 1 saturated heterocycles. The van der Waals surface area contributed by atoms with Crippen LogP contribution in [0.3, 0.4) is 0 Å². The van der Waals surface area contributed by atoms with Crippen molar-refractivity contribution in [3.8, 4) is 0 Å². The van der Waals surface area contributed by atoms with Gasteiger partial charge in [0.15, 0.2) is 5.69 Å². The SMILES string of the molecule is C=CCn1nc(C(=O)N2CCCCC2)c2c1CC[C@@H](NCCCOC(C)C)C2. The van der Waals surface area contributed by atoms with E-state index >= 15 is 0 Å². The molecule has 0 aromatic carbocycles. The minimum absolute atomic E-state index is 0.116. The zero-order valence-corrected chi connectivity index (χ0v) is 17.6. The Morgan fingerprint density at radius 3 is 2.86 bits per heavy atom. The topological polar surface area (TPSA) is 59.4 Å². The van der Waals surface area contributed by atoms with Gasteiger partial charge in [-0.3, -0.25) is 9.48 Å². The summed E-state index contributed by atoms with van der Waals surface area (Å²) >= 11 is 0. The number of carbonyl (C=O) groups excluding carboxylic acids is 1. The predicted octanol–water partition coefficient (Wildman–Crippen LogP) is 2.96. The third kappa shape index (κ3) is 5.23. The van der Waals surface area contributed by atoms with Crippen LogP contribution in [0.5, 0.6) is 0 Å². The van der Waals surface area contributed by atoms with E-state index in [1.165, 1.54) is 12.1 Å². The average molecular weight is 389 g/mol. The van der Waals surface area contributed by atoms with E-state index in [0.29, 0.717) is 18.3 Å². The standard InChI is InChI=1S/C22H36N4O2/c1-4-12-26-20-10-9-18(23-11-8-15-28-17(2)3)16-19(20)21(24-26)22(27)25-13-6-5-7-14-25/h4,17-18,23H,1,5-16H2,2-3H3/t18-/m1/s1. The molecule has 1 amide bonds. The molecule has 1 atom stereocenters. The molecule has 1 aromatic heterocycles. The molecule has 3 rings (SSSR count). The maximum absolute atomic E-state index is 13.1. The maximum atomic E-state index is 13.1. The lowest BCUT2D eigenvalue weighted by Crippen LogP contribution is -2.38. The molecule has 0 bridgehead atoms. The average Bonchev–Trinajstić information content (AvgIpc) is 3.06. The molecule has 1 fully saturated rings. The Hall–Kier alpha value is -1.66. The van der Waals surface area contributed by atoms with Crippen LogP contribution in [0.4, 0.5) is 0 Å². The van der Waals surface area contributed by atoms with Crippen LogP contribution in [0.25, 0.3) is 0 Å². The number of likely N-dealkylation sites (tertiary alicyclic amines) is 1. The molecule has 1 aliphatic heterocycles. The van der Waals surface area contributed by atoms with E-state index in [0.717, 1.165) is 70.3 Å². The van der Waals surface area contributed by atoms with Crippen molar-refractivity contribution >= 4 is 5.91 Å². The first-order valence-corrected chi connectivity index (χ1v) is 10.9. The molecule has 0 unspecified atom stereocenters. The van der Waals surface area contributed by atoms with Gasteiger partial charge in [0, 0.05) is 37.0 Å². The molecule has 0 saturated carbocycles. The van der Waals surface area contributed by atoms with Crippen LogP contribution in [-0.2, 0) is 24.1 Å². The Morgan fingerprint density at radius 1 is 1.36 bits per heavy atom. The summed E-state index contributed by atoms with van der Waals surface area (Å²) in [5.41, 5.74) is 3.05. The first-order valence-electron chi connectivity index (χ1n) is 10.9. The van der Waals surface area contributed by atoms with Gasteiger partial charge in [-0.25, -0.2) is 0 Å². The van der Waals surface area contributed by atoms with Crippen molar-refractivity contribution in [2.24, 2.45) is 0 Å². The highest BCUT2D eigenvalue weighted by atomic mass is 16.5. The molecule has 6 nitrogen and oxygen atoms in total. The molecule has 1 aliphatic carbocycles. The predicted molar refractivity (Wildman–Crippen MR) is 112 cm³/mol. The lowest BCUT2D eigenvalue weighted by atomic mass is 9.91. The molecule has 0 spiro atoms. The Labute approximate surface area is 169 Å². The zero-order chi connectivity index (χ0) is 19.9. The summed E-state index contributed by atoms with van der Waals surface area (Å²) in [6.07, 6.45) is 9.51. The molecule has 2 aliphatic rings. The third-order valence-corrected chi connectivity index (χ3v) is 5.70. The highest BCUT2D eigenvalue weighted by Gasteiger charge is 2.31. The van der Waals surface area contributed by atoms with Gasteiger partial charge in [0.2, 0.25) is 0 Å². The first kappa shape index (κ1) is 21.1. The van der Waals surface area contributed by atoms with E-state index in [-0.39, 0.29) is 12.0 Å². The summed E-state index contributed by atoms with van der Waals surface area (Å²) in [4.78, 5) is 15.1. The number of carbonyl (C=O) groups is 1. The molecule has 1 aromatic rings. The molecular weight excluding hydrogens is 352 g/mol. The summed E-state index contributed by atoms with van der Waals surface area (Å²) in [5, 5.41) is 8.39. The van der Waals surface area contributed by atoms with Gasteiger partial charge in [-0.05, 0) is 65.3 Å². The number of hydrogen-bond acceptors (Lipinski definition) is 4. The van der Waals surface area contributed by atoms with E-state index in [1.807, 2.05) is 15.7 Å². The van der Waals surface area contributed by atoms with Crippen molar-refractivity contribution in [2.75, 3.05) is 26.2 Å². The van der Waals surface area contributed by atoms with E-state index < -0.39 is 0 Å². The highest BCUT2D eigenvalue weighted by molar-refractivity contribution is 5.94. The van der Waals surface area contributed by atoms with E-state index in [1.54, 1.807) is 0 Å². The molecule has 6 heteroatoms. The van der Waals surface area contributed by atoms with E-state index in [4.69, 9.17) is 9.84 Å². The van der Waals surface area contributed by atoms with Gasteiger partial charge in [0.1, 0.15) is 0 Å². The van der Waals surface area contributed by atoms with Gasteiger partial charge < -0.3 is 15.0 Å². The second-order valence-electron chi connectivity index (χ2n) is 8.26. The number of allylic oxidation sites excluding steroid dienone is 1. The Morgan fingerprint density at radius 2 is 2.14 bits per heavy atom. The van der Waals surface area contributed by atoms with Crippen molar-refractivity contribution in [1.82, 2.24) is 20.0 Å². The molecule has 28 heavy (non-hydrogen) atoms. The lowest BCUT2D eigenvalue weighted by molar-refractivity contribution is 0.0716. The first-order chi connectivity index (χ1) is 13.6. The van der Waals surface area contributed by atoms with Gasteiger partial charge in [-0.2, -0.15) is 5.10 Å². The lowest BCUT2D eigenvalue weighted by Gasteiger charge is -2.27. The van der Waals surface area contributed by atoms with Crippen LogP contribution >= 0.6 is 0 Å². The number of amides is 1. The molecule has 0 radical (unpaired) electrons. The van der Waals surface area contributed by atoms with Crippen LogP contribution in [0.1, 0.15) is 67.7 Å². The van der Waals surface area contributed by atoms with Gasteiger partial charge in [0.25, 0.3) is 5.91 Å². The minimum atomic E-state index is 0.116. The molecular formula is C22H36N4O2. The number of rotatable bonds is 9. The monoisotopic (exact) mass is 388 g/mol. The van der Waals surface area contributed by atoms with Crippen molar-refractivity contribution in [1.29, 1.82) is 0 Å². The largest absolute Gasteiger partial charge is 0.379 e. The van der Waals surface area contributed by atoms with Gasteiger partial charge in [0.05, 0.1) is 12.6 Å². The second-order valence-corrected chi connectivity index (χ2v) is 8.26. The van der Waals surface area contributed by atoms with Crippen LogP contribution in [0.2, 0.25) is 0 Å². The summed E-state index contributed by atoms with van der Waals surface area (Å²) in [6.45, 7) is 12.1. The van der Waals surface area contributed by atoms with Crippen LogP contribution in [0, 0.1) is 0 Å². The molecule has 2 heterocycles. The molecule has 1 N–H and O–H groups in total.